The lowest BCUT2D eigenvalue weighted by Crippen LogP contribution is -2.09. The summed E-state index contributed by atoms with van der Waals surface area (Å²) in [5.74, 6) is 0.806. The van der Waals surface area contributed by atoms with Crippen molar-refractivity contribution in [3.05, 3.63) is 86.4 Å². The molecule has 0 aliphatic carbocycles. The molecule has 0 spiro atoms. The largest absolute Gasteiger partial charge is 0.298 e. The summed E-state index contributed by atoms with van der Waals surface area (Å²) in [5.41, 5.74) is 3.82. The fraction of sp³-hybridized carbons (Fsp3) is 0.111. The van der Waals surface area contributed by atoms with Crippen molar-refractivity contribution in [1.29, 1.82) is 0 Å². The third kappa shape index (κ3) is 2.51. The fourth-order valence-electron chi connectivity index (χ4n) is 3.08. The van der Waals surface area contributed by atoms with Crippen molar-refractivity contribution in [1.82, 2.24) is 9.55 Å². The summed E-state index contributed by atoms with van der Waals surface area (Å²) in [5, 5.41) is 11.8. The van der Waals surface area contributed by atoms with Crippen LogP contribution in [-0.4, -0.2) is 20.2 Å². The standard InChI is InChI=1S/C18H13ClN4O2/c1-11-20-9-13-10-21-18(14-4-2-3-5-16(14)19)15-8-12(23(24)25)6-7-17(15)22(11)13/h2-9H,10H2,1H3. The minimum Gasteiger partial charge on any atom is -0.298 e. The molecule has 0 N–H and O–H groups in total. The van der Waals surface area contributed by atoms with Gasteiger partial charge in [0.15, 0.2) is 0 Å². The van der Waals surface area contributed by atoms with Gasteiger partial charge in [-0.1, -0.05) is 29.8 Å². The van der Waals surface area contributed by atoms with E-state index in [1.807, 2.05) is 29.7 Å². The number of nitrogens with zero attached hydrogens (tertiary/aromatic N) is 4. The molecule has 3 aromatic rings. The molecule has 7 heteroatoms. The molecule has 0 fully saturated rings. The lowest BCUT2D eigenvalue weighted by atomic mass is 9.99. The number of aliphatic imine (C=N–C) groups is 1. The van der Waals surface area contributed by atoms with Crippen LogP contribution in [0.5, 0.6) is 0 Å². The summed E-state index contributed by atoms with van der Waals surface area (Å²) >= 11 is 6.36. The molecule has 1 aliphatic rings. The Kier molecular flexibility index (Phi) is 3.62. The van der Waals surface area contributed by atoms with Crippen molar-refractivity contribution in [3.63, 3.8) is 0 Å². The molecule has 0 unspecified atom stereocenters. The van der Waals surface area contributed by atoms with E-state index >= 15 is 0 Å². The fourth-order valence-corrected chi connectivity index (χ4v) is 3.31. The van der Waals surface area contributed by atoms with Gasteiger partial charge in [0.1, 0.15) is 5.82 Å². The summed E-state index contributed by atoms with van der Waals surface area (Å²) in [6.07, 6.45) is 1.78. The van der Waals surface area contributed by atoms with Crippen molar-refractivity contribution in [2.45, 2.75) is 13.5 Å². The number of imidazole rings is 1. The highest BCUT2D eigenvalue weighted by Crippen LogP contribution is 2.31. The quantitative estimate of drug-likeness (QED) is 0.515. The molecule has 6 nitrogen and oxygen atoms in total. The number of nitro groups is 1. The van der Waals surface area contributed by atoms with Crippen LogP contribution >= 0.6 is 11.6 Å². The maximum absolute atomic E-state index is 11.3. The summed E-state index contributed by atoms with van der Waals surface area (Å²) in [4.78, 5) is 19.9. The van der Waals surface area contributed by atoms with Gasteiger partial charge in [-0.05, 0) is 19.1 Å². The summed E-state index contributed by atoms with van der Waals surface area (Å²) in [6, 6.07) is 12.2. The summed E-state index contributed by atoms with van der Waals surface area (Å²) in [6.45, 7) is 2.32. The number of non-ortho nitro benzene ring substituents is 1. The first-order chi connectivity index (χ1) is 12.1. The molecule has 0 bridgehead atoms. The van der Waals surface area contributed by atoms with E-state index in [9.17, 15) is 10.1 Å². The Labute approximate surface area is 148 Å². The van der Waals surface area contributed by atoms with Gasteiger partial charge in [-0.3, -0.25) is 19.7 Å². The van der Waals surface area contributed by atoms with Crippen LogP contribution < -0.4 is 0 Å². The number of aromatic nitrogens is 2. The Morgan fingerprint density at radius 3 is 2.76 bits per heavy atom. The number of fused-ring (bicyclic) bond motifs is 3. The van der Waals surface area contributed by atoms with Gasteiger partial charge in [0.05, 0.1) is 34.8 Å². The van der Waals surface area contributed by atoms with Gasteiger partial charge in [-0.15, -0.1) is 0 Å². The van der Waals surface area contributed by atoms with Crippen LogP contribution in [0.2, 0.25) is 5.02 Å². The third-order valence-corrected chi connectivity index (χ3v) is 4.56. The van der Waals surface area contributed by atoms with Crippen LogP contribution in [0, 0.1) is 17.0 Å². The summed E-state index contributed by atoms with van der Waals surface area (Å²) < 4.78 is 1.98. The maximum Gasteiger partial charge on any atom is 0.270 e. The first-order valence-electron chi connectivity index (χ1n) is 7.68. The molecule has 4 rings (SSSR count). The number of benzene rings is 2. The van der Waals surface area contributed by atoms with Crippen LogP contribution in [0.15, 0.2) is 53.7 Å². The summed E-state index contributed by atoms with van der Waals surface area (Å²) in [7, 11) is 0. The first-order valence-corrected chi connectivity index (χ1v) is 8.06. The Hall–Kier alpha value is -2.99. The maximum atomic E-state index is 11.3. The van der Waals surface area contributed by atoms with Crippen molar-refractivity contribution in [2.75, 3.05) is 0 Å². The molecule has 1 aromatic heterocycles. The van der Waals surface area contributed by atoms with Crippen LogP contribution in [0.4, 0.5) is 5.69 Å². The molecule has 0 atom stereocenters. The van der Waals surface area contributed by atoms with E-state index in [4.69, 9.17) is 16.6 Å². The number of halogens is 1. The van der Waals surface area contributed by atoms with E-state index in [-0.39, 0.29) is 5.69 Å². The second kappa shape index (κ2) is 5.82. The van der Waals surface area contributed by atoms with Gasteiger partial charge in [0.2, 0.25) is 0 Å². The van der Waals surface area contributed by atoms with Gasteiger partial charge < -0.3 is 0 Å². The van der Waals surface area contributed by atoms with Gasteiger partial charge >= 0.3 is 0 Å². The SMILES string of the molecule is Cc1ncc2n1-c1ccc([N+](=O)[O-])cc1C(c1ccccc1Cl)=NC2. The highest BCUT2D eigenvalue weighted by molar-refractivity contribution is 6.35. The zero-order chi connectivity index (χ0) is 17.6. The normalized spacial score (nSPS) is 12.8. The molecule has 2 aromatic carbocycles. The number of aryl methyl sites for hydroxylation is 1. The van der Waals surface area contributed by atoms with Gasteiger partial charge in [-0.2, -0.15) is 0 Å². The average Bonchev–Trinajstić information content (AvgIpc) is 2.88. The van der Waals surface area contributed by atoms with E-state index in [1.54, 1.807) is 24.4 Å². The van der Waals surface area contributed by atoms with Gasteiger partial charge in [-0.25, -0.2) is 4.98 Å². The molecule has 2 heterocycles. The van der Waals surface area contributed by atoms with Crippen molar-refractivity contribution in [3.8, 4) is 5.69 Å². The average molecular weight is 353 g/mol. The first kappa shape index (κ1) is 15.5. The second-order valence-electron chi connectivity index (χ2n) is 5.74. The smallest absolute Gasteiger partial charge is 0.270 e. The van der Waals surface area contributed by atoms with E-state index in [2.05, 4.69) is 4.98 Å². The molecule has 25 heavy (non-hydrogen) atoms. The lowest BCUT2D eigenvalue weighted by Gasteiger charge is -2.13. The zero-order valence-corrected chi connectivity index (χ0v) is 14.1. The van der Waals surface area contributed by atoms with Crippen molar-refractivity contribution in [2.24, 2.45) is 4.99 Å². The zero-order valence-electron chi connectivity index (χ0n) is 13.3. The molecule has 124 valence electrons. The minimum absolute atomic E-state index is 0.0136. The predicted molar refractivity (Wildman–Crippen MR) is 95.8 cm³/mol. The lowest BCUT2D eigenvalue weighted by molar-refractivity contribution is -0.384. The molecular formula is C18H13ClN4O2. The predicted octanol–water partition coefficient (Wildman–Crippen LogP) is 4.09. The number of hydrogen-bond donors (Lipinski definition) is 0. The minimum atomic E-state index is -0.406. The van der Waals surface area contributed by atoms with Crippen LogP contribution in [0.3, 0.4) is 0 Å². The van der Waals surface area contributed by atoms with E-state index in [0.29, 0.717) is 22.8 Å². The number of rotatable bonds is 2. The van der Waals surface area contributed by atoms with Crippen LogP contribution in [-0.2, 0) is 6.54 Å². The molecule has 1 aliphatic heterocycles. The van der Waals surface area contributed by atoms with E-state index < -0.39 is 4.92 Å². The van der Waals surface area contributed by atoms with Crippen LogP contribution in [0.1, 0.15) is 22.6 Å². The number of hydrogen-bond acceptors (Lipinski definition) is 4. The molecule has 0 amide bonds. The second-order valence-corrected chi connectivity index (χ2v) is 6.14. The van der Waals surface area contributed by atoms with E-state index in [0.717, 1.165) is 22.8 Å². The highest BCUT2D eigenvalue weighted by Gasteiger charge is 2.24. The Bertz CT molecular complexity index is 1040. The third-order valence-electron chi connectivity index (χ3n) is 4.23. The van der Waals surface area contributed by atoms with Gasteiger partial charge in [0.25, 0.3) is 5.69 Å². The molecule has 0 radical (unpaired) electrons. The monoisotopic (exact) mass is 352 g/mol. The Balaban J connectivity index is 2.03. The number of nitro benzene ring substituents is 1. The van der Waals surface area contributed by atoms with Crippen molar-refractivity contribution >= 4 is 23.0 Å². The highest BCUT2D eigenvalue weighted by atomic mass is 35.5. The molecule has 0 saturated heterocycles. The van der Waals surface area contributed by atoms with Gasteiger partial charge in [0, 0.05) is 28.3 Å². The van der Waals surface area contributed by atoms with Crippen LogP contribution in [0.25, 0.3) is 5.69 Å². The Morgan fingerprint density at radius 1 is 1.20 bits per heavy atom. The van der Waals surface area contributed by atoms with Crippen molar-refractivity contribution < 1.29 is 4.92 Å². The molecule has 0 saturated carbocycles. The molecular weight excluding hydrogens is 340 g/mol. The Morgan fingerprint density at radius 2 is 2.00 bits per heavy atom. The van der Waals surface area contributed by atoms with E-state index in [1.165, 1.54) is 6.07 Å². The topological polar surface area (TPSA) is 73.3 Å².